The number of nitrogen functional groups attached to an aromatic ring is 1. The zero-order valence-corrected chi connectivity index (χ0v) is 15.7. The monoisotopic (exact) mass is 380 g/mol. The molecular formula is C16H21FN6O2S. The number of nitrogens with one attached hydrogen (secondary N) is 2. The first-order valence-electron chi connectivity index (χ1n) is 7.83. The van der Waals surface area contributed by atoms with Crippen LogP contribution >= 0.6 is 11.8 Å². The van der Waals surface area contributed by atoms with E-state index in [1.807, 2.05) is 0 Å². The molecule has 2 aromatic rings. The molecule has 3 amide bonds. The molecule has 0 bridgehead atoms. The Balaban J connectivity index is 2.04. The van der Waals surface area contributed by atoms with E-state index >= 15 is 0 Å². The topological polar surface area (TPSA) is 115 Å². The molecule has 1 heterocycles. The van der Waals surface area contributed by atoms with Crippen molar-refractivity contribution in [2.24, 2.45) is 0 Å². The molecule has 0 unspecified atom stereocenters. The number of amides is 3. The van der Waals surface area contributed by atoms with Crippen molar-refractivity contribution in [1.82, 2.24) is 25.5 Å². The highest BCUT2D eigenvalue weighted by Gasteiger charge is 2.23. The molecule has 1 aromatic carbocycles. The molecule has 0 spiro atoms. The predicted octanol–water partition coefficient (Wildman–Crippen LogP) is 1.90. The normalized spacial score (nSPS) is 12.5. The van der Waals surface area contributed by atoms with Gasteiger partial charge in [-0.15, -0.1) is 10.2 Å². The van der Waals surface area contributed by atoms with Crippen molar-refractivity contribution in [2.75, 3.05) is 5.84 Å². The van der Waals surface area contributed by atoms with Crippen molar-refractivity contribution in [2.45, 2.75) is 43.6 Å². The van der Waals surface area contributed by atoms with E-state index in [9.17, 15) is 14.0 Å². The summed E-state index contributed by atoms with van der Waals surface area (Å²) in [5.41, 5.74) is 0.00593. The van der Waals surface area contributed by atoms with Crippen LogP contribution in [0.3, 0.4) is 0 Å². The molecule has 4 N–H and O–H groups in total. The highest BCUT2D eigenvalue weighted by molar-refractivity contribution is 8.00. The minimum absolute atomic E-state index is 0.267. The van der Waals surface area contributed by atoms with Gasteiger partial charge in [0.15, 0.2) is 5.82 Å². The number of carbonyl (C=O) groups is 2. The second kappa shape index (κ2) is 7.73. The predicted molar refractivity (Wildman–Crippen MR) is 97.3 cm³/mol. The summed E-state index contributed by atoms with van der Waals surface area (Å²) in [6.07, 6.45) is 0. The molecule has 140 valence electrons. The van der Waals surface area contributed by atoms with Crippen molar-refractivity contribution >= 4 is 23.7 Å². The van der Waals surface area contributed by atoms with E-state index in [-0.39, 0.29) is 11.0 Å². The summed E-state index contributed by atoms with van der Waals surface area (Å²) in [5, 5.41) is 12.4. The summed E-state index contributed by atoms with van der Waals surface area (Å²) in [4.78, 5) is 23.9. The smallest absolute Gasteiger partial charge is 0.321 e. The number of imide groups is 1. The first kappa shape index (κ1) is 19.7. The first-order chi connectivity index (χ1) is 12.1. The number of nitrogens with zero attached hydrogens (tertiary/aromatic N) is 3. The number of halogens is 1. The molecule has 0 fully saturated rings. The molecule has 0 aliphatic carbocycles. The van der Waals surface area contributed by atoms with Gasteiger partial charge in [0.05, 0.1) is 5.25 Å². The van der Waals surface area contributed by atoms with Gasteiger partial charge in [-0.1, -0.05) is 23.9 Å². The van der Waals surface area contributed by atoms with Crippen molar-refractivity contribution in [1.29, 1.82) is 0 Å². The number of hydrogen-bond acceptors (Lipinski definition) is 6. The molecule has 0 saturated carbocycles. The Morgan fingerprint density at radius 2 is 2.00 bits per heavy atom. The van der Waals surface area contributed by atoms with Crippen LogP contribution in [0.5, 0.6) is 0 Å². The Kier molecular flexibility index (Phi) is 5.86. The maximum absolute atomic E-state index is 13.4. The number of carbonyl (C=O) groups excluding carboxylic acids is 2. The molecule has 1 aromatic heterocycles. The van der Waals surface area contributed by atoms with Crippen LogP contribution in [0.15, 0.2) is 29.4 Å². The number of nitrogens with two attached hydrogens (primary N) is 1. The maximum atomic E-state index is 13.4. The number of urea groups is 1. The Morgan fingerprint density at radius 1 is 1.31 bits per heavy atom. The molecule has 0 radical (unpaired) electrons. The summed E-state index contributed by atoms with van der Waals surface area (Å²) in [6, 6.07) is 5.21. The van der Waals surface area contributed by atoms with Gasteiger partial charge in [-0.3, -0.25) is 10.1 Å². The zero-order valence-electron chi connectivity index (χ0n) is 14.9. The number of aromatic nitrogens is 3. The van der Waals surface area contributed by atoms with Gasteiger partial charge in [0.25, 0.3) is 0 Å². The average molecular weight is 380 g/mol. The van der Waals surface area contributed by atoms with Gasteiger partial charge in [-0.2, -0.15) is 0 Å². The van der Waals surface area contributed by atoms with E-state index < -0.39 is 28.5 Å². The molecule has 0 aliphatic heterocycles. The van der Waals surface area contributed by atoms with Gasteiger partial charge in [-0.05, 0) is 39.8 Å². The fourth-order valence-corrected chi connectivity index (χ4v) is 2.75. The largest absolute Gasteiger partial charge is 0.335 e. The molecule has 0 aliphatic rings. The van der Waals surface area contributed by atoms with Crippen LogP contribution in [-0.4, -0.2) is 37.6 Å². The Morgan fingerprint density at radius 3 is 2.62 bits per heavy atom. The molecule has 8 nitrogen and oxygen atoms in total. The SMILES string of the molecule is C[C@@H](Sc1nnc(-c2cccc(F)c2)n1N)C(=O)NC(=O)NC(C)(C)C. The van der Waals surface area contributed by atoms with E-state index in [4.69, 9.17) is 5.84 Å². The minimum atomic E-state index is -0.646. The standard InChI is InChI=1S/C16H21FN6O2S/c1-9(13(24)19-14(25)20-16(2,3)4)26-15-22-21-12(23(15)18)10-6-5-7-11(17)8-10/h5-9H,18H2,1-4H3,(H2,19,20,24,25)/t9-/m1/s1. The molecule has 0 saturated heterocycles. The Hall–Kier alpha value is -2.62. The molecule has 26 heavy (non-hydrogen) atoms. The highest BCUT2D eigenvalue weighted by atomic mass is 32.2. The third kappa shape index (κ3) is 5.19. The zero-order chi connectivity index (χ0) is 19.5. The van der Waals surface area contributed by atoms with Gasteiger partial charge >= 0.3 is 6.03 Å². The van der Waals surface area contributed by atoms with Crippen molar-refractivity contribution < 1.29 is 14.0 Å². The number of hydrogen-bond donors (Lipinski definition) is 3. The minimum Gasteiger partial charge on any atom is -0.335 e. The highest BCUT2D eigenvalue weighted by Crippen LogP contribution is 2.25. The number of rotatable bonds is 4. The van der Waals surface area contributed by atoms with E-state index in [0.29, 0.717) is 5.56 Å². The summed E-state index contributed by atoms with van der Waals surface area (Å²) < 4.78 is 14.5. The van der Waals surface area contributed by atoms with E-state index in [2.05, 4.69) is 20.8 Å². The lowest BCUT2D eigenvalue weighted by Crippen LogP contribution is -2.49. The van der Waals surface area contributed by atoms with Crippen molar-refractivity contribution in [3.8, 4) is 11.4 Å². The van der Waals surface area contributed by atoms with Crippen molar-refractivity contribution in [3.05, 3.63) is 30.1 Å². The summed E-state index contributed by atoms with van der Waals surface area (Å²) in [7, 11) is 0. The van der Waals surface area contributed by atoms with Gasteiger partial charge in [0.1, 0.15) is 5.82 Å². The molecule has 10 heteroatoms. The Labute approximate surface area is 154 Å². The van der Waals surface area contributed by atoms with Gasteiger partial charge < -0.3 is 11.2 Å². The van der Waals surface area contributed by atoms with Gasteiger partial charge in [0.2, 0.25) is 11.1 Å². The maximum Gasteiger partial charge on any atom is 0.321 e. The molecule has 1 atom stereocenters. The lowest BCUT2D eigenvalue weighted by Gasteiger charge is -2.21. The summed E-state index contributed by atoms with van der Waals surface area (Å²) in [6.45, 7) is 7.03. The van der Waals surface area contributed by atoms with Gasteiger partial charge in [0, 0.05) is 11.1 Å². The fraction of sp³-hybridized carbons (Fsp3) is 0.375. The quantitative estimate of drug-likeness (QED) is 0.551. The van der Waals surface area contributed by atoms with Crippen LogP contribution in [0.25, 0.3) is 11.4 Å². The van der Waals surface area contributed by atoms with E-state index in [1.165, 1.54) is 22.9 Å². The first-order valence-corrected chi connectivity index (χ1v) is 8.71. The van der Waals surface area contributed by atoms with Crippen LogP contribution in [-0.2, 0) is 4.79 Å². The lowest BCUT2D eigenvalue weighted by atomic mass is 10.1. The fourth-order valence-electron chi connectivity index (χ4n) is 1.98. The Bertz CT molecular complexity index is 817. The second-order valence-electron chi connectivity index (χ2n) is 6.64. The summed E-state index contributed by atoms with van der Waals surface area (Å²) >= 11 is 1.04. The van der Waals surface area contributed by atoms with E-state index in [1.54, 1.807) is 33.8 Å². The molecular weight excluding hydrogens is 359 g/mol. The number of benzene rings is 1. The van der Waals surface area contributed by atoms with Crippen LogP contribution in [0, 0.1) is 5.82 Å². The third-order valence-electron chi connectivity index (χ3n) is 3.12. The third-order valence-corrected chi connectivity index (χ3v) is 4.18. The van der Waals surface area contributed by atoms with Crippen molar-refractivity contribution in [3.63, 3.8) is 0 Å². The van der Waals surface area contributed by atoms with E-state index in [0.717, 1.165) is 11.8 Å². The summed E-state index contributed by atoms with van der Waals surface area (Å²) in [5.74, 6) is 5.31. The van der Waals surface area contributed by atoms with Crippen LogP contribution in [0.2, 0.25) is 0 Å². The molecule has 2 rings (SSSR count). The van der Waals surface area contributed by atoms with Crippen LogP contribution < -0.4 is 16.5 Å². The average Bonchev–Trinajstić information content (AvgIpc) is 2.86. The van der Waals surface area contributed by atoms with Gasteiger partial charge in [-0.25, -0.2) is 13.9 Å². The second-order valence-corrected chi connectivity index (χ2v) is 7.95. The van der Waals surface area contributed by atoms with Crippen LogP contribution in [0.4, 0.5) is 9.18 Å². The number of thioether (sulfide) groups is 1. The van der Waals surface area contributed by atoms with Crippen LogP contribution in [0.1, 0.15) is 27.7 Å². The lowest BCUT2D eigenvalue weighted by molar-refractivity contribution is -0.119.